The van der Waals surface area contributed by atoms with E-state index in [0.717, 1.165) is 0 Å². The highest BCUT2D eigenvalue weighted by atomic mass is 16.5. The molecule has 0 aliphatic rings. The number of hydrogen-bond acceptors (Lipinski definition) is 6. The van der Waals surface area contributed by atoms with Crippen molar-refractivity contribution in [1.82, 2.24) is 9.55 Å². The number of nitrogen functional groups attached to an aromatic ring is 1. The lowest BCUT2D eigenvalue weighted by Gasteiger charge is -2.12. The minimum absolute atomic E-state index is 0.161. The van der Waals surface area contributed by atoms with E-state index in [9.17, 15) is 5.11 Å². The van der Waals surface area contributed by atoms with Gasteiger partial charge in [-0.25, -0.2) is 4.98 Å². The predicted molar refractivity (Wildman–Crippen MR) is 70.3 cm³/mol. The van der Waals surface area contributed by atoms with Crippen molar-refractivity contribution in [3.05, 3.63) is 12.1 Å². The zero-order valence-electron chi connectivity index (χ0n) is 10.8. The van der Waals surface area contributed by atoms with Gasteiger partial charge in [-0.3, -0.25) is 0 Å². The standard InChI is InChI=1S/C12H17N3O4/c1-18-10-3-8-9(4-11(10)19-2)15(12(13)14-8)5-7(17)6-16/h3-4,7,16-17H,5-6H2,1-2H3,(H2,13,14). The molecule has 1 aromatic carbocycles. The number of imidazole rings is 1. The van der Waals surface area contributed by atoms with Gasteiger partial charge in [-0.1, -0.05) is 0 Å². The number of ether oxygens (including phenoxy) is 2. The Morgan fingerprint density at radius 2 is 1.95 bits per heavy atom. The molecule has 0 saturated heterocycles. The molecule has 2 rings (SSSR count). The fourth-order valence-corrected chi connectivity index (χ4v) is 1.93. The predicted octanol–water partition coefficient (Wildman–Crippen LogP) is -0.0111. The summed E-state index contributed by atoms with van der Waals surface area (Å²) < 4.78 is 12.0. The second kappa shape index (κ2) is 5.33. The molecule has 4 N–H and O–H groups in total. The van der Waals surface area contributed by atoms with Gasteiger partial charge in [0.25, 0.3) is 0 Å². The Labute approximate surface area is 110 Å². The number of rotatable bonds is 5. The Kier molecular flexibility index (Phi) is 3.77. The van der Waals surface area contributed by atoms with E-state index in [1.165, 1.54) is 7.11 Å². The third-order valence-electron chi connectivity index (χ3n) is 2.89. The lowest BCUT2D eigenvalue weighted by Crippen LogP contribution is -2.20. The van der Waals surface area contributed by atoms with Crippen LogP contribution in [0.3, 0.4) is 0 Å². The van der Waals surface area contributed by atoms with Crippen LogP contribution in [0.2, 0.25) is 0 Å². The van der Waals surface area contributed by atoms with E-state index in [-0.39, 0.29) is 19.1 Å². The number of fused-ring (bicyclic) bond motifs is 1. The highest BCUT2D eigenvalue weighted by molar-refractivity contribution is 5.82. The molecule has 7 heteroatoms. The number of aromatic nitrogens is 2. The Morgan fingerprint density at radius 3 is 2.53 bits per heavy atom. The van der Waals surface area contributed by atoms with E-state index < -0.39 is 6.10 Å². The maximum Gasteiger partial charge on any atom is 0.201 e. The van der Waals surface area contributed by atoms with E-state index in [0.29, 0.717) is 22.5 Å². The molecule has 0 amide bonds. The van der Waals surface area contributed by atoms with Crippen LogP contribution in [0.1, 0.15) is 0 Å². The van der Waals surface area contributed by atoms with E-state index in [1.807, 2.05) is 0 Å². The van der Waals surface area contributed by atoms with E-state index in [4.69, 9.17) is 20.3 Å². The van der Waals surface area contributed by atoms with Gasteiger partial charge in [0.2, 0.25) is 5.95 Å². The molecule has 104 valence electrons. The molecule has 0 radical (unpaired) electrons. The highest BCUT2D eigenvalue weighted by Gasteiger charge is 2.15. The van der Waals surface area contributed by atoms with Crippen molar-refractivity contribution in [2.75, 3.05) is 26.6 Å². The number of aliphatic hydroxyl groups excluding tert-OH is 2. The van der Waals surface area contributed by atoms with Crippen LogP contribution in [0.4, 0.5) is 5.95 Å². The van der Waals surface area contributed by atoms with Crippen molar-refractivity contribution in [2.45, 2.75) is 12.6 Å². The maximum absolute atomic E-state index is 9.53. The normalized spacial score (nSPS) is 12.6. The monoisotopic (exact) mass is 267 g/mol. The van der Waals surface area contributed by atoms with Crippen LogP contribution in [0.15, 0.2) is 12.1 Å². The number of methoxy groups -OCH3 is 2. The van der Waals surface area contributed by atoms with Crippen LogP contribution in [-0.2, 0) is 6.54 Å². The summed E-state index contributed by atoms with van der Waals surface area (Å²) in [5, 5.41) is 18.4. The molecule has 19 heavy (non-hydrogen) atoms. The average Bonchev–Trinajstić information content (AvgIpc) is 2.72. The molecule has 0 saturated carbocycles. The molecule has 0 aliphatic heterocycles. The fourth-order valence-electron chi connectivity index (χ4n) is 1.93. The molecular weight excluding hydrogens is 250 g/mol. The Bertz CT molecular complexity index is 582. The number of hydrogen-bond donors (Lipinski definition) is 3. The van der Waals surface area contributed by atoms with Gasteiger partial charge < -0.3 is 30.0 Å². The van der Waals surface area contributed by atoms with Crippen molar-refractivity contribution < 1.29 is 19.7 Å². The van der Waals surface area contributed by atoms with E-state index in [1.54, 1.807) is 23.8 Å². The van der Waals surface area contributed by atoms with Crippen LogP contribution in [0, 0.1) is 0 Å². The third kappa shape index (κ3) is 2.42. The summed E-state index contributed by atoms with van der Waals surface area (Å²) in [5.41, 5.74) is 7.17. The molecule has 1 unspecified atom stereocenters. The summed E-state index contributed by atoms with van der Waals surface area (Å²) in [7, 11) is 3.08. The highest BCUT2D eigenvalue weighted by Crippen LogP contribution is 2.32. The Morgan fingerprint density at radius 1 is 1.32 bits per heavy atom. The Hall–Kier alpha value is -1.99. The van der Waals surface area contributed by atoms with E-state index in [2.05, 4.69) is 4.98 Å². The number of nitrogens with zero attached hydrogens (tertiary/aromatic N) is 2. The quantitative estimate of drug-likeness (QED) is 0.704. The summed E-state index contributed by atoms with van der Waals surface area (Å²) >= 11 is 0. The summed E-state index contributed by atoms with van der Waals surface area (Å²) in [6.45, 7) is -0.180. The molecule has 0 aliphatic carbocycles. The third-order valence-corrected chi connectivity index (χ3v) is 2.89. The minimum atomic E-state index is -0.896. The summed E-state index contributed by atoms with van der Waals surface area (Å²) in [6.07, 6.45) is -0.896. The van der Waals surface area contributed by atoms with Gasteiger partial charge >= 0.3 is 0 Å². The van der Waals surface area contributed by atoms with Gasteiger partial charge in [0.15, 0.2) is 11.5 Å². The molecule has 2 aromatic rings. The molecule has 1 atom stereocenters. The van der Waals surface area contributed by atoms with Crippen molar-refractivity contribution in [1.29, 1.82) is 0 Å². The van der Waals surface area contributed by atoms with Crippen LogP contribution < -0.4 is 15.2 Å². The lowest BCUT2D eigenvalue weighted by atomic mass is 10.2. The van der Waals surface area contributed by atoms with Gasteiger partial charge in [0.1, 0.15) is 0 Å². The lowest BCUT2D eigenvalue weighted by molar-refractivity contribution is 0.0825. The van der Waals surface area contributed by atoms with E-state index >= 15 is 0 Å². The molecular formula is C12H17N3O4. The summed E-state index contributed by atoms with van der Waals surface area (Å²) in [4.78, 5) is 4.20. The topological polar surface area (TPSA) is 103 Å². The average molecular weight is 267 g/mol. The number of anilines is 1. The number of benzene rings is 1. The first kappa shape index (κ1) is 13.4. The molecule has 1 aromatic heterocycles. The van der Waals surface area contributed by atoms with Crippen molar-refractivity contribution in [3.8, 4) is 11.5 Å². The zero-order chi connectivity index (χ0) is 14.0. The second-order valence-electron chi connectivity index (χ2n) is 4.11. The van der Waals surface area contributed by atoms with Gasteiger partial charge in [0, 0.05) is 12.1 Å². The summed E-state index contributed by atoms with van der Waals surface area (Å²) in [6, 6.07) is 3.45. The van der Waals surface area contributed by atoms with Crippen LogP contribution in [0.5, 0.6) is 11.5 Å². The van der Waals surface area contributed by atoms with Gasteiger partial charge in [-0.2, -0.15) is 0 Å². The van der Waals surface area contributed by atoms with Crippen molar-refractivity contribution in [3.63, 3.8) is 0 Å². The second-order valence-corrected chi connectivity index (χ2v) is 4.11. The molecule has 1 heterocycles. The first-order valence-corrected chi connectivity index (χ1v) is 5.77. The molecule has 0 fully saturated rings. The smallest absolute Gasteiger partial charge is 0.201 e. The van der Waals surface area contributed by atoms with Crippen LogP contribution in [-0.4, -0.2) is 46.7 Å². The van der Waals surface area contributed by atoms with Crippen molar-refractivity contribution in [2.24, 2.45) is 0 Å². The first-order chi connectivity index (χ1) is 9.10. The largest absolute Gasteiger partial charge is 0.493 e. The molecule has 7 nitrogen and oxygen atoms in total. The molecule has 0 spiro atoms. The summed E-state index contributed by atoms with van der Waals surface area (Å²) in [5.74, 6) is 1.37. The maximum atomic E-state index is 9.53. The van der Waals surface area contributed by atoms with Crippen LogP contribution in [0.25, 0.3) is 11.0 Å². The zero-order valence-corrected chi connectivity index (χ0v) is 10.8. The van der Waals surface area contributed by atoms with Crippen LogP contribution >= 0.6 is 0 Å². The first-order valence-electron chi connectivity index (χ1n) is 5.77. The SMILES string of the molecule is COc1cc2nc(N)n(CC(O)CO)c2cc1OC. The molecule has 0 bridgehead atoms. The van der Waals surface area contributed by atoms with Gasteiger partial charge in [0.05, 0.1) is 44.5 Å². The van der Waals surface area contributed by atoms with Gasteiger partial charge in [-0.15, -0.1) is 0 Å². The van der Waals surface area contributed by atoms with Gasteiger partial charge in [-0.05, 0) is 0 Å². The number of nitrogens with two attached hydrogens (primary N) is 1. The van der Waals surface area contributed by atoms with Crippen molar-refractivity contribution >= 4 is 17.0 Å². The number of aliphatic hydroxyl groups is 2. The minimum Gasteiger partial charge on any atom is -0.493 e. The Balaban J connectivity index is 2.55. The fraction of sp³-hybridized carbons (Fsp3) is 0.417.